The number of alkyl halides is 3. The summed E-state index contributed by atoms with van der Waals surface area (Å²) in [6, 6.07) is 0. The molecule has 0 saturated heterocycles. The molecule has 0 aliphatic rings. The predicted molar refractivity (Wildman–Crippen MR) is 92.6 cm³/mol. The molecule has 0 atom stereocenters. The number of halogens is 4. The summed E-state index contributed by atoms with van der Waals surface area (Å²) in [6.45, 7) is 0.472. The number of hydrogen-bond donors (Lipinski definition) is 1. The van der Waals surface area contributed by atoms with E-state index in [1.165, 1.54) is 44.7 Å². The molecule has 26 heavy (non-hydrogen) atoms. The fraction of sp³-hybridized carbons (Fsp3) is 0.737. The number of aromatic nitrogens is 1. The van der Waals surface area contributed by atoms with Crippen molar-refractivity contribution in [3.63, 3.8) is 0 Å². The molecule has 0 unspecified atom stereocenters. The number of esters is 1. The molecule has 0 spiro atoms. The summed E-state index contributed by atoms with van der Waals surface area (Å²) in [4.78, 5) is 13.9. The Morgan fingerprint density at radius 1 is 1.00 bits per heavy atom. The Hall–Kier alpha value is -1.53. The first-order valence-corrected chi connectivity index (χ1v) is 9.44. The van der Waals surface area contributed by atoms with Crippen LogP contribution in [0.25, 0.3) is 0 Å². The van der Waals surface area contributed by atoms with E-state index < -0.39 is 30.3 Å². The third-order valence-corrected chi connectivity index (χ3v) is 4.26. The zero-order chi connectivity index (χ0) is 19.4. The molecular formula is C19H29F4NO2. The molecule has 7 heteroatoms. The van der Waals surface area contributed by atoms with Crippen molar-refractivity contribution in [1.29, 1.82) is 0 Å². The lowest BCUT2D eigenvalue weighted by Crippen LogP contribution is -2.21. The minimum Gasteiger partial charge on any atom is -0.451 e. The van der Waals surface area contributed by atoms with Gasteiger partial charge in [-0.05, 0) is 12.8 Å². The third kappa shape index (κ3) is 9.25. The molecule has 1 heterocycles. The predicted octanol–water partition coefficient (Wildman–Crippen LogP) is 6.34. The van der Waals surface area contributed by atoms with Gasteiger partial charge in [-0.3, -0.25) is 0 Å². The largest absolute Gasteiger partial charge is 0.451 e. The van der Waals surface area contributed by atoms with Crippen LogP contribution in [-0.2, 0) is 11.2 Å². The topological polar surface area (TPSA) is 42.1 Å². The molecule has 0 bridgehead atoms. The Morgan fingerprint density at radius 2 is 1.54 bits per heavy atom. The summed E-state index contributed by atoms with van der Waals surface area (Å²) in [7, 11) is 0. The highest BCUT2D eigenvalue weighted by molar-refractivity contribution is 5.88. The Kier molecular flexibility index (Phi) is 10.4. The quantitative estimate of drug-likeness (QED) is 0.247. The van der Waals surface area contributed by atoms with Crippen molar-refractivity contribution in [2.75, 3.05) is 6.61 Å². The lowest BCUT2D eigenvalue weighted by Gasteiger charge is -2.06. The maximum Gasteiger partial charge on any atom is 0.422 e. The van der Waals surface area contributed by atoms with Gasteiger partial charge in [0.1, 0.15) is 0 Å². The van der Waals surface area contributed by atoms with Crippen LogP contribution < -0.4 is 0 Å². The highest BCUT2D eigenvalue weighted by Crippen LogP contribution is 2.19. The first kappa shape index (κ1) is 22.5. The number of aromatic amines is 1. The normalized spacial score (nSPS) is 11.7. The fourth-order valence-corrected chi connectivity index (χ4v) is 2.80. The number of hydrogen-bond acceptors (Lipinski definition) is 2. The van der Waals surface area contributed by atoms with Gasteiger partial charge < -0.3 is 9.72 Å². The van der Waals surface area contributed by atoms with E-state index in [1.54, 1.807) is 0 Å². The van der Waals surface area contributed by atoms with E-state index in [0.717, 1.165) is 25.7 Å². The van der Waals surface area contributed by atoms with Crippen LogP contribution in [0.5, 0.6) is 0 Å². The number of H-pyrrole nitrogens is 1. The second-order valence-corrected chi connectivity index (χ2v) is 6.63. The highest BCUT2D eigenvalue weighted by Gasteiger charge is 2.31. The van der Waals surface area contributed by atoms with Gasteiger partial charge >= 0.3 is 12.1 Å². The number of aryl methyl sites for hydroxylation is 1. The SMILES string of the molecule is CCCCCCCCCCCCc1c[nH]c(C(=O)OCC(F)(F)F)c1F. The number of rotatable bonds is 13. The number of unbranched alkanes of at least 4 members (excludes halogenated alkanes) is 9. The summed E-state index contributed by atoms with van der Waals surface area (Å²) in [6.07, 6.45) is 8.76. The molecule has 0 aliphatic carbocycles. The van der Waals surface area contributed by atoms with Crippen molar-refractivity contribution in [3.8, 4) is 0 Å². The molecular weight excluding hydrogens is 350 g/mol. The van der Waals surface area contributed by atoms with Gasteiger partial charge in [0.05, 0.1) is 0 Å². The van der Waals surface area contributed by atoms with Gasteiger partial charge in [-0.25, -0.2) is 9.18 Å². The fourth-order valence-electron chi connectivity index (χ4n) is 2.80. The van der Waals surface area contributed by atoms with Crippen LogP contribution in [-0.4, -0.2) is 23.7 Å². The molecule has 1 aromatic heterocycles. The maximum atomic E-state index is 14.1. The van der Waals surface area contributed by atoms with E-state index in [0.29, 0.717) is 12.0 Å². The average molecular weight is 379 g/mol. The van der Waals surface area contributed by atoms with Crippen molar-refractivity contribution < 1.29 is 27.1 Å². The van der Waals surface area contributed by atoms with E-state index in [4.69, 9.17) is 0 Å². The number of nitrogens with one attached hydrogen (secondary N) is 1. The van der Waals surface area contributed by atoms with Crippen LogP contribution in [0.3, 0.4) is 0 Å². The van der Waals surface area contributed by atoms with Gasteiger partial charge in [0, 0.05) is 11.8 Å². The van der Waals surface area contributed by atoms with Gasteiger partial charge in [0.2, 0.25) is 0 Å². The highest BCUT2D eigenvalue weighted by atomic mass is 19.4. The van der Waals surface area contributed by atoms with Gasteiger partial charge in [-0.15, -0.1) is 0 Å². The number of carbonyl (C=O) groups is 1. The van der Waals surface area contributed by atoms with E-state index in [-0.39, 0.29) is 0 Å². The van der Waals surface area contributed by atoms with E-state index in [2.05, 4.69) is 16.6 Å². The van der Waals surface area contributed by atoms with Crippen molar-refractivity contribution >= 4 is 5.97 Å². The molecule has 1 rings (SSSR count). The minimum absolute atomic E-state index is 0.309. The van der Waals surface area contributed by atoms with Gasteiger partial charge in [0.25, 0.3) is 0 Å². The molecule has 0 saturated carbocycles. The smallest absolute Gasteiger partial charge is 0.422 e. The number of carbonyl (C=O) groups excluding carboxylic acids is 1. The van der Waals surface area contributed by atoms with Crippen molar-refractivity contribution in [1.82, 2.24) is 4.98 Å². The first-order chi connectivity index (χ1) is 12.3. The van der Waals surface area contributed by atoms with Gasteiger partial charge in [-0.2, -0.15) is 13.2 Å². The van der Waals surface area contributed by atoms with Crippen LogP contribution >= 0.6 is 0 Å². The molecule has 1 aromatic rings. The van der Waals surface area contributed by atoms with Crippen LogP contribution in [0.4, 0.5) is 17.6 Å². The van der Waals surface area contributed by atoms with E-state index >= 15 is 0 Å². The summed E-state index contributed by atoms with van der Waals surface area (Å²) in [5, 5.41) is 0. The molecule has 150 valence electrons. The molecule has 0 fully saturated rings. The van der Waals surface area contributed by atoms with Gasteiger partial charge in [-0.1, -0.05) is 64.7 Å². The van der Waals surface area contributed by atoms with Crippen LogP contribution in [0.15, 0.2) is 6.20 Å². The first-order valence-electron chi connectivity index (χ1n) is 9.44. The minimum atomic E-state index is -4.63. The Balaban J connectivity index is 2.20. The Labute approximate surface area is 152 Å². The van der Waals surface area contributed by atoms with E-state index in [1.807, 2.05) is 0 Å². The molecule has 3 nitrogen and oxygen atoms in total. The molecule has 0 aromatic carbocycles. The van der Waals surface area contributed by atoms with Crippen molar-refractivity contribution in [2.24, 2.45) is 0 Å². The average Bonchev–Trinajstić information content (AvgIpc) is 2.94. The molecule has 0 radical (unpaired) electrons. The second kappa shape index (κ2) is 12.0. The number of ether oxygens (including phenoxy) is 1. The lowest BCUT2D eigenvalue weighted by atomic mass is 10.0. The molecule has 1 N–H and O–H groups in total. The van der Waals surface area contributed by atoms with Crippen LogP contribution in [0.2, 0.25) is 0 Å². The van der Waals surface area contributed by atoms with Crippen LogP contribution in [0, 0.1) is 5.82 Å². The van der Waals surface area contributed by atoms with Gasteiger partial charge in [0.15, 0.2) is 18.1 Å². The van der Waals surface area contributed by atoms with E-state index in [9.17, 15) is 22.4 Å². The lowest BCUT2D eigenvalue weighted by molar-refractivity contribution is -0.161. The third-order valence-electron chi connectivity index (χ3n) is 4.26. The summed E-state index contributed by atoms with van der Waals surface area (Å²) >= 11 is 0. The monoisotopic (exact) mass is 379 g/mol. The van der Waals surface area contributed by atoms with Crippen molar-refractivity contribution in [2.45, 2.75) is 83.7 Å². The maximum absolute atomic E-state index is 14.1. The zero-order valence-corrected chi connectivity index (χ0v) is 15.4. The summed E-state index contributed by atoms with van der Waals surface area (Å²) in [5.74, 6) is -2.14. The molecule has 0 aliphatic heterocycles. The summed E-state index contributed by atoms with van der Waals surface area (Å²) < 4.78 is 54.2. The standard InChI is InChI=1S/C19H29F4NO2/c1-2-3-4-5-6-7-8-9-10-11-12-15-13-24-17(16(15)20)18(25)26-14-19(21,22)23/h13,24H,2-12,14H2,1H3. The Bertz CT molecular complexity index is 526. The zero-order valence-electron chi connectivity index (χ0n) is 15.4. The van der Waals surface area contributed by atoms with Crippen molar-refractivity contribution in [3.05, 3.63) is 23.3 Å². The molecule has 0 amide bonds. The summed E-state index contributed by atoms with van der Waals surface area (Å²) in [5.41, 5.74) is -0.236. The van der Waals surface area contributed by atoms with Crippen LogP contribution in [0.1, 0.15) is 87.2 Å². The Morgan fingerprint density at radius 3 is 2.08 bits per heavy atom. The second-order valence-electron chi connectivity index (χ2n) is 6.63.